The quantitative estimate of drug-likeness (QED) is 0.547. The Labute approximate surface area is 134 Å². The molecule has 2 nitrogen and oxygen atoms in total. The van der Waals surface area contributed by atoms with E-state index >= 15 is 4.39 Å². The van der Waals surface area contributed by atoms with Crippen LogP contribution >= 0.6 is 11.3 Å². The second kappa shape index (κ2) is 7.04. The van der Waals surface area contributed by atoms with E-state index in [2.05, 4.69) is 39.3 Å². The summed E-state index contributed by atoms with van der Waals surface area (Å²) in [6.07, 6.45) is -0.567. The monoisotopic (exact) mass is 348 g/mol. The highest BCUT2D eigenvalue weighted by molar-refractivity contribution is 7.35. The Hall–Kier alpha value is -0.0162. The molecule has 0 aliphatic carbocycles. The molecule has 1 heterocycles. The Balaban J connectivity index is 3.49. The van der Waals surface area contributed by atoms with E-state index in [0.717, 1.165) is 4.50 Å². The molecule has 0 aliphatic rings. The molecule has 0 amide bonds. The van der Waals surface area contributed by atoms with Gasteiger partial charge in [-0.25, -0.2) is 4.39 Å². The smallest absolute Gasteiger partial charge is 0.187 e. The van der Waals surface area contributed by atoms with E-state index in [0.29, 0.717) is 18.8 Å². The number of hydrogen-bond acceptors (Lipinski definition) is 3. The molecule has 0 N–H and O–H groups in total. The SMILES string of the molecule is CCOC(OCC)c1c([Si](C)(C)C)sc([Si](C)(C)C)c1F. The van der Waals surface area contributed by atoms with Gasteiger partial charge >= 0.3 is 0 Å². The van der Waals surface area contributed by atoms with Gasteiger partial charge < -0.3 is 9.47 Å². The molecular weight excluding hydrogens is 319 g/mol. The zero-order chi connectivity index (χ0) is 16.4. The minimum Gasteiger partial charge on any atom is -0.349 e. The van der Waals surface area contributed by atoms with Gasteiger partial charge in [0, 0.05) is 22.2 Å². The molecule has 0 radical (unpaired) electrons. The largest absolute Gasteiger partial charge is 0.349 e. The van der Waals surface area contributed by atoms with Crippen molar-refractivity contribution < 1.29 is 13.9 Å². The van der Waals surface area contributed by atoms with E-state index in [4.69, 9.17) is 9.47 Å². The fourth-order valence-electron chi connectivity index (χ4n) is 2.19. The maximum absolute atomic E-state index is 15.1. The molecule has 1 rings (SSSR count). The summed E-state index contributed by atoms with van der Waals surface area (Å²) in [5.74, 6) is -0.0662. The van der Waals surface area contributed by atoms with Crippen LogP contribution in [0.15, 0.2) is 0 Å². The molecule has 0 fully saturated rings. The molecular formula is C15H29FO2SSi2. The van der Waals surface area contributed by atoms with Crippen LogP contribution in [0, 0.1) is 5.82 Å². The van der Waals surface area contributed by atoms with E-state index in [1.807, 2.05) is 13.8 Å². The van der Waals surface area contributed by atoms with Crippen molar-refractivity contribution in [3.8, 4) is 0 Å². The van der Waals surface area contributed by atoms with Crippen molar-refractivity contribution >= 4 is 36.5 Å². The first-order chi connectivity index (χ1) is 9.54. The van der Waals surface area contributed by atoms with Crippen LogP contribution in [0.5, 0.6) is 0 Å². The number of hydrogen-bond donors (Lipinski definition) is 0. The maximum atomic E-state index is 15.1. The van der Waals surface area contributed by atoms with E-state index in [1.54, 1.807) is 11.3 Å². The van der Waals surface area contributed by atoms with Crippen LogP contribution in [0.4, 0.5) is 4.39 Å². The Morgan fingerprint density at radius 2 is 1.33 bits per heavy atom. The third-order valence-electron chi connectivity index (χ3n) is 3.12. The highest BCUT2D eigenvalue weighted by Crippen LogP contribution is 2.27. The fourth-order valence-corrected chi connectivity index (χ4v) is 8.09. The van der Waals surface area contributed by atoms with Crippen molar-refractivity contribution in [2.45, 2.75) is 59.4 Å². The van der Waals surface area contributed by atoms with Gasteiger partial charge in [0.25, 0.3) is 0 Å². The first-order valence-electron chi connectivity index (χ1n) is 7.60. The molecule has 21 heavy (non-hydrogen) atoms. The van der Waals surface area contributed by atoms with Gasteiger partial charge in [0.1, 0.15) is 5.82 Å². The van der Waals surface area contributed by atoms with Crippen molar-refractivity contribution in [3.05, 3.63) is 11.4 Å². The van der Waals surface area contributed by atoms with Gasteiger partial charge in [0.2, 0.25) is 0 Å². The van der Waals surface area contributed by atoms with Gasteiger partial charge in [-0.1, -0.05) is 39.3 Å². The van der Waals surface area contributed by atoms with E-state index in [-0.39, 0.29) is 5.82 Å². The molecule has 122 valence electrons. The minimum absolute atomic E-state index is 0.0662. The highest BCUT2D eigenvalue weighted by Gasteiger charge is 2.36. The second-order valence-corrected chi connectivity index (χ2v) is 19.0. The van der Waals surface area contributed by atoms with Crippen molar-refractivity contribution in [1.29, 1.82) is 0 Å². The standard InChI is InChI=1S/C15H29FO2SSi2/c1-9-17-13(18-10-2)11-12(16)15(21(6,7)8)19-14(11)20(3,4)5/h13H,9-10H2,1-8H3. The molecule has 0 bridgehead atoms. The molecule has 0 spiro atoms. The predicted octanol–water partition coefficient (Wildman–Crippen LogP) is 4.05. The minimum atomic E-state index is -1.70. The lowest BCUT2D eigenvalue weighted by Crippen LogP contribution is -2.39. The van der Waals surface area contributed by atoms with Crippen LogP contribution in [-0.4, -0.2) is 29.4 Å². The van der Waals surface area contributed by atoms with Crippen molar-refractivity contribution in [2.75, 3.05) is 13.2 Å². The molecule has 0 aliphatic heterocycles. The lowest BCUT2D eigenvalue weighted by Gasteiger charge is -2.22. The topological polar surface area (TPSA) is 18.5 Å². The normalized spacial score (nSPS) is 13.2. The zero-order valence-electron chi connectivity index (χ0n) is 14.6. The molecule has 0 unspecified atom stereocenters. The van der Waals surface area contributed by atoms with Gasteiger partial charge in [-0.05, 0) is 13.8 Å². The second-order valence-electron chi connectivity index (χ2n) is 7.23. The van der Waals surface area contributed by atoms with Crippen molar-refractivity contribution in [2.24, 2.45) is 0 Å². The van der Waals surface area contributed by atoms with Crippen LogP contribution in [-0.2, 0) is 9.47 Å². The van der Waals surface area contributed by atoms with Crippen LogP contribution in [0.25, 0.3) is 0 Å². The van der Waals surface area contributed by atoms with Gasteiger partial charge in [-0.2, -0.15) is 11.3 Å². The summed E-state index contributed by atoms with van der Waals surface area (Å²) in [4.78, 5) is 0. The average molecular weight is 349 g/mol. The van der Waals surface area contributed by atoms with Gasteiger partial charge in [0.15, 0.2) is 6.29 Å². The third kappa shape index (κ3) is 4.48. The summed E-state index contributed by atoms with van der Waals surface area (Å²) < 4.78 is 28.6. The van der Waals surface area contributed by atoms with Crippen molar-refractivity contribution in [1.82, 2.24) is 0 Å². The van der Waals surface area contributed by atoms with E-state index < -0.39 is 22.4 Å². The number of halogens is 1. The molecule has 1 aromatic rings. The molecule has 0 saturated heterocycles. The highest BCUT2D eigenvalue weighted by atomic mass is 32.1. The summed E-state index contributed by atoms with van der Waals surface area (Å²) in [6.45, 7) is 18.2. The Kier molecular flexibility index (Phi) is 6.38. The van der Waals surface area contributed by atoms with Gasteiger partial charge in [0.05, 0.1) is 21.7 Å². The summed E-state index contributed by atoms with van der Waals surface area (Å²) in [5.41, 5.74) is 0.681. The van der Waals surface area contributed by atoms with E-state index in [9.17, 15) is 0 Å². The maximum Gasteiger partial charge on any atom is 0.187 e. The summed E-state index contributed by atoms with van der Waals surface area (Å²) in [5, 5.41) is 0. The molecule has 0 saturated carbocycles. The van der Waals surface area contributed by atoms with Crippen molar-refractivity contribution in [3.63, 3.8) is 0 Å². The Morgan fingerprint density at radius 3 is 1.67 bits per heavy atom. The third-order valence-corrected chi connectivity index (χ3v) is 11.4. The van der Waals surface area contributed by atoms with Gasteiger partial charge in [-0.15, -0.1) is 0 Å². The molecule has 1 aromatic heterocycles. The van der Waals surface area contributed by atoms with Crippen LogP contribution in [0.2, 0.25) is 39.3 Å². The summed E-state index contributed by atoms with van der Waals surface area (Å²) >= 11 is 1.67. The average Bonchev–Trinajstić information content (AvgIpc) is 2.66. The molecule has 6 heteroatoms. The van der Waals surface area contributed by atoms with Crippen LogP contribution < -0.4 is 9.00 Å². The molecule has 0 aromatic carbocycles. The summed E-state index contributed by atoms with van der Waals surface area (Å²) in [7, 11) is -3.35. The summed E-state index contributed by atoms with van der Waals surface area (Å²) in [6, 6.07) is 0. The number of thiophene rings is 1. The Morgan fingerprint density at radius 1 is 0.905 bits per heavy atom. The first kappa shape index (κ1) is 19.0. The number of ether oxygens (including phenoxy) is 2. The predicted molar refractivity (Wildman–Crippen MR) is 96.2 cm³/mol. The van der Waals surface area contributed by atoms with Gasteiger partial charge in [-0.3, -0.25) is 0 Å². The zero-order valence-corrected chi connectivity index (χ0v) is 17.4. The lowest BCUT2D eigenvalue weighted by molar-refractivity contribution is -0.141. The molecule has 0 atom stereocenters. The fraction of sp³-hybridized carbons (Fsp3) is 0.733. The lowest BCUT2D eigenvalue weighted by atomic mass is 10.3. The van der Waals surface area contributed by atoms with Crippen LogP contribution in [0.3, 0.4) is 0 Å². The van der Waals surface area contributed by atoms with Crippen LogP contribution in [0.1, 0.15) is 25.7 Å². The Bertz CT molecular complexity index is 469. The first-order valence-corrected chi connectivity index (χ1v) is 15.4. The number of rotatable bonds is 7. The van der Waals surface area contributed by atoms with E-state index in [1.165, 1.54) is 4.50 Å².